The van der Waals surface area contributed by atoms with Crippen LogP contribution in [0.25, 0.3) is 16.7 Å². The van der Waals surface area contributed by atoms with Crippen molar-refractivity contribution in [3.63, 3.8) is 0 Å². The van der Waals surface area contributed by atoms with Crippen molar-refractivity contribution >= 4 is 28.3 Å². The molecule has 4 rings (SSSR count). The number of anilines is 1. The fourth-order valence-electron chi connectivity index (χ4n) is 3.63. The highest BCUT2D eigenvalue weighted by molar-refractivity contribution is 6.30. The number of fused-ring (bicyclic) bond motifs is 1. The molecule has 2 aromatic carbocycles. The summed E-state index contributed by atoms with van der Waals surface area (Å²) in [6.45, 7) is 9.28. The van der Waals surface area contributed by atoms with Crippen molar-refractivity contribution < 1.29 is 4.74 Å². The van der Waals surface area contributed by atoms with E-state index in [-0.39, 0.29) is 11.0 Å². The van der Waals surface area contributed by atoms with E-state index in [1.807, 2.05) is 61.5 Å². The van der Waals surface area contributed by atoms with Crippen LogP contribution in [0.3, 0.4) is 0 Å². The Morgan fingerprint density at radius 1 is 1.12 bits per heavy atom. The van der Waals surface area contributed by atoms with Gasteiger partial charge in [-0.2, -0.15) is 5.10 Å². The lowest BCUT2D eigenvalue weighted by Gasteiger charge is -2.15. The molecule has 0 saturated carbocycles. The predicted molar refractivity (Wildman–Crippen MR) is 130 cm³/mol. The summed E-state index contributed by atoms with van der Waals surface area (Å²) in [6.07, 6.45) is 0. The van der Waals surface area contributed by atoms with Crippen LogP contribution >= 0.6 is 11.6 Å². The van der Waals surface area contributed by atoms with E-state index in [2.05, 4.69) is 31.1 Å². The number of ether oxygens (including phenoxy) is 1. The normalized spacial score (nSPS) is 11.7. The first-order chi connectivity index (χ1) is 15.3. The molecule has 0 unspecified atom stereocenters. The standard InChI is InChI=1S/C25H27ClN4O2/c1-5-32-20-8-6-7-18(14-20)27-15-16-13-21-22(25(2,3)4)29-30(23(21)28-24(16)31)19-11-9-17(26)10-12-19/h6-14,27H,5,15H2,1-4H3,(H,28,31). The highest BCUT2D eigenvalue weighted by Gasteiger charge is 2.24. The van der Waals surface area contributed by atoms with E-state index in [9.17, 15) is 4.79 Å². The minimum absolute atomic E-state index is 0.151. The van der Waals surface area contributed by atoms with Gasteiger partial charge in [0.2, 0.25) is 0 Å². The Bertz CT molecular complexity index is 1300. The molecule has 0 radical (unpaired) electrons. The molecular formula is C25H27ClN4O2. The molecule has 2 aromatic heterocycles. The summed E-state index contributed by atoms with van der Waals surface area (Å²) in [6, 6.07) is 17.1. The third-order valence-corrected chi connectivity index (χ3v) is 5.43. The maximum atomic E-state index is 12.9. The molecule has 0 bridgehead atoms. The number of rotatable bonds is 6. The molecule has 32 heavy (non-hydrogen) atoms. The van der Waals surface area contributed by atoms with Crippen molar-refractivity contribution in [1.29, 1.82) is 0 Å². The molecule has 0 atom stereocenters. The Balaban J connectivity index is 1.74. The average Bonchev–Trinajstić information content (AvgIpc) is 3.12. The second-order valence-corrected chi connectivity index (χ2v) is 9.12. The van der Waals surface area contributed by atoms with E-state index >= 15 is 0 Å². The Kier molecular flexibility index (Phi) is 5.98. The van der Waals surface area contributed by atoms with Crippen LogP contribution in [0, 0.1) is 0 Å². The number of hydrogen-bond acceptors (Lipinski definition) is 4. The Hall–Kier alpha value is -3.25. The van der Waals surface area contributed by atoms with Gasteiger partial charge >= 0.3 is 0 Å². The third-order valence-electron chi connectivity index (χ3n) is 5.17. The van der Waals surface area contributed by atoms with Crippen LogP contribution in [0.4, 0.5) is 5.69 Å². The van der Waals surface area contributed by atoms with E-state index in [0.717, 1.165) is 28.2 Å². The quantitative estimate of drug-likeness (QED) is 0.396. The van der Waals surface area contributed by atoms with E-state index in [1.165, 1.54) is 0 Å². The molecule has 2 heterocycles. The minimum Gasteiger partial charge on any atom is -0.494 e. The SMILES string of the molecule is CCOc1cccc(NCc2cc3c(C(C)(C)C)nn(-c4ccc(Cl)cc4)c3[nH]c2=O)c1. The number of pyridine rings is 1. The maximum Gasteiger partial charge on any atom is 0.254 e. The summed E-state index contributed by atoms with van der Waals surface area (Å²) >= 11 is 6.05. The minimum atomic E-state index is -0.204. The first-order valence-electron chi connectivity index (χ1n) is 10.6. The number of aromatic amines is 1. The first-order valence-corrected chi connectivity index (χ1v) is 11.0. The summed E-state index contributed by atoms with van der Waals surface area (Å²) in [5.74, 6) is 0.793. The van der Waals surface area contributed by atoms with Crippen LogP contribution in [0.2, 0.25) is 5.02 Å². The van der Waals surface area contributed by atoms with Crippen molar-refractivity contribution in [1.82, 2.24) is 14.8 Å². The fraction of sp³-hybridized carbons (Fsp3) is 0.280. The number of nitrogens with zero attached hydrogens (tertiary/aromatic N) is 2. The number of hydrogen-bond donors (Lipinski definition) is 2. The van der Waals surface area contributed by atoms with Crippen LogP contribution in [0.1, 0.15) is 39.0 Å². The number of H-pyrrole nitrogens is 1. The molecule has 6 nitrogen and oxygen atoms in total. The summed E-state index contributed by atoms with van der Waals surface area (Å²) in [5.41, 5.74) is 3.60. The average molecular weight is 451 g/mol. The molecule has 2 N–H and O–H groups in total. The lowest BCUT2D eigenvalue weighted by Crippen LogP contribution is -2.17. The van der Waals surface area contributed by atoms with Crippen molar-refractivity contribution in [3.05, 3.63) is 81.2 Å². The summed E-state index contributed by atoms with van der Waals surface area (Å²) in [5, 5.41) is 9.76. The van der Waals surface area contributed by atoms with Gasteiger partial charge in [-0.15, -0.1) is 0 Å². The second kappa shape index (κ2) is 8.71. The van der Waals surface area contributed by atoms with Gasteiger partial charge in [0, 0.05) is 39.7 Å². The third kappa shape index (κ3) is 4.50. The molecule has 166 valence electrons. The smallest absolute Gasteiger partial charge is 0.254 e. The Labute approximate surface area is 192 Å². The van der Waals surface area contributed by atoms with Gasteiger partial charge in [0.15, 0.2) is 0 Å². The van der Waals surface area contributed by atoms with Crippen molar-refractivity contribution in [3.8, 4) is 11.4 Å². The molecule has 0 aliphatic rings. The van der Waals surface area contributed by atoms with Gasteiger partial charge < -0.3 is 15.0 Å². The molecule has 0 saturated heterocycles. The lowest BCUT2D eigenvalue weighted by atomic mass is 9.90. The van der Waals surface area contributed by atoms with Gasteiger partial charge in [-0.3, -0.25) is 4.79 Å². The zero-order valence-corrected chi connectivity index (χ0v) is 19.5. The van der Waals surface area contributed by atoms with Gasteiger partial charge in [-0.1, -0.05) is 38.4 Å². The van der Waals surface area contributed by atoms with E-state index in [0.29, 0.717) is 29.4 Å². The molecule has 7 heteroatoms. The van der Waals surface area contributed by atoms with Crippen molar-refractivity contribution in [2.75, 3.05) is 11.9 Å². The number of halogens is 1. The van der Waals surface area contributed by atoms with Crippen LogP contribution < -0.4 is 15.6 Å². The van der Waals surface area contributed by atoms with Crippen LogP contribution in [-0.4, -0.2) is 21.4 Å². The number of nitrogens with one attached hydrogen (secondary N) is 2. The molecule has 0 aliphatic heterocycles. The first kappa shape index (κ1) is 22.0. The number of benzene rings is 2. The Morgan fingerprint density at radius 2 is 1.88 bits per heavy atom. The molecule has 0 amide bonds. The zero-order valence-electron chi connectivity index (χ0n) is 18.7. The molecule has 0 fully saturated rings. The monoisotopic (exact) mass is 450 g/mol. The molecule has 0 aliphatic carbocycles. The van der Waals surface area contributed by atoms with E-state index in [4.69, 9.17) is 21.4 Å². The van der Waals surface area contributed by atoms with Crippen molar-refractivity contribution in [2.45, 2.75) is 39.7 Å². The van der Waals surface area contributed by atoms with Crippen molar-refractivity contribution in [2.24, 2.45) is 0 Å². The van der Waals surface area contributed by atoms with Crippen LogP contribution in [-0.2, 0) is 12.0 Å². The largest absolute Gasteiger partial charge is 0.494 e. The molecular weight excluding hydrogens is 424 g/mol. The fourth-order valence-corrected chi connectivity index (χ4v) is 3.75. The molecule has 4 aromatic rings. The lowest BCUT2D eigenvalue weighted by molar-refractivity contribution is 0.340. The highest BCUT2D eigenvalue weighted by atomic mass is 35.5. The van der Waals surface area contributed by atoms with E-state index < -0.39 is 0 Å². The summed E-state index contributed by atoms with van der Waals surface area (Å²) in [4.78, 5) is 16.0. The van der Waals surface area contributed by atoms with Gasteiger partial charge in [0.1, 0.15) is 11.4 Å². The zero-order chi connectivity index (χ0) is 22.9. The predicted octanol–water partition coefficient (Wildman–Crippen LogP) is 5.68. The van der Waals surface area contributed by atoms with Gasteiger partial charge in [0.05, 0.1) is 18.0 Å². The summed E-state index contributed by atoms with van der Waals surface area (Å²) in [7, 11) is 0. The van der Waals surface area contributed by atoms with Crippen LogP contribution in [0.5, 0.6) is 5.75 Å². The van der Waals surface area contributed by atoms with Gasteiger partial charge in [-0.25, -0.2) is 4.68 Å². The maximum absolute atomic E-state index is 12.9. The highest BCUT2D eigenvalue weighted by Crippen LogP contribution is 2.30. The summed E-state index contributed by atoms with van der Waals surface area (Å²) < 4.78 is 7.33. The Morgan fingerprint density at radius 3 is 2.56 bits per heavy atom. The van der Waals surface area contributed by atoms with Gasteiger partial charge in [0.25, 0.3) is 5.56 Å². The van der Waals surface area contributed by atoms with Gasteiger partial charge in [-0.05, 0) is 49.4 Å². The van der Waals surface area contributed by atoms with E-state index in [1.54, 1.807) is 4.68 Å². The topological polar surface area (TPSA) is 71.9 Å². The van der Waals surface area contributed by atoms with Crippen LogP contribution in [0.15, 0.2) is 59.4 Å². The second-order valence-electron chi connectivity index (χ2n) is 8.69. The number of aromatic nitrogens is 3. The molecule has 0 spiro atoms.